The van der Waals surface area contributed by atoms with E-state index in [0.29, 0.717) is 34.3 Å². The first kappa shape index (κ1) is 21.2. The van der Waals surface area contributed by atoms with E-state index in [4.69, 9.17) is 33.2 Å². The van der Waals surface area contributed by atoms with Gasteiger partial charge in [-0.1, -0.05) is 0 Å². The molecule has 0 saturated carbocycles. The van der Waals surface area contributed by atoms with Crippen LogP contribution in [-0.2, 0) is 19.1 Å². The Bertz CT molecular complexity index is 1120. The molecule has 9 nitrogen and oxygen atoms in total. The van der Waals surface area contributed by atoms with Crippen LogP contribution in [-0.4, -0.2) is 53.3 Å². The van der Waals surface area contributed by atoms with E-state index in [-0.39, 0.29) is 20.0 Å². The SMILES string of the molecule is CCOC(=O)[C@@]12C(=O)OC[C@@H]1c1cc3c(cc1C2c1cc(OC)c(OC)c(OC)c1)OCO3. The van der Waals surface area contributed by atoms with Crippen molar-refractivity contribution in [3.63, 3.8) is 0 Å². The van der Waals surface area contributed by atoms with Crippen molar-refractivity contribution < 1.29 is 42.7 Å². The van der Waals surface area contributed by atoms with Crippen LogP contribution in [0.3, 0.4) is 0 Å². The summed E-state index contributed by atoms with van der Waals surface area (Å²) in [6.45, 7) is 2.00. The quantitative estimate of drug-likeness (QED) is 0.480. The summed E-state index contributed by atoms with van der Waals surface area (Å²) in [6, 6.07) is 7.15. The Morgan fingerprint density at radius 2 is 1.61 bits per heavy atom. The molecule has 1 unspecified atom stereocenters. The second-order valence-corrected chi connectivity index (χ2v) is 7.97. The highest BCUT2D eigenvalue weighted by atomic mass is 16.7. The first-order valence-corrected chi connectivity index (χ1v) is 10.6. The number of carbonyl (C=O) groups is 2. The van der Waals surface area contributed by atoms with Gasteiger partial charge in [0.15, 0.2) is 28.4 Å². The summed E-state index contributed by atoms with van der Waals surface area (Å²) in [5.74, 6) is -0.186. The fraction of sp³-hybridized carbons (Fsp3) is 0.417. The Morgan fingerprint density at radius 3 is 2.18 bits per heavy atom. The lowest BCUT2D eigenvalue weighted by Crippen LogP contribution is -2.43. The molecule has 0 amide bonds. The Morgan fingerprint density at radius 1 is 0.970 bits per heavy atom. The Kier molecular flexibility index (Phi) is 4.99. The van der Waals surface area contributed by atoms with Gasteiger partial charge in [0.25, 0.3) is 0 Å². The van der Waals surface area contributed by atoms with Gasteiger partial charge in [-0.05, 0) is 47.9 Å². The van der Waals surface area contributed by atoms with Crippen molar-refractivity contribution >= 4 is 11.9 Å². The summed E-state index contributed by atoms with van der Waals surface area (Å²) in [5.41, 5.74) is 0.581. The highest BCUT2D eigenvalue weighted by Gasteiger charge is 2.69. The van der Waals surface area contributed by atoms with Crippen molar-refractivity contribution in [3.8, 4) is 28.7 Å². The molecule has 0 bridgehead atoms. The van der Waals surface area contributed by atoms with Gasteiger partial charge in [0.05, 0.1) is 34.5 Å². The summed E-state index contributed by atoms with van der Waals surface area (Å²) in [5, 5.41) is 0. The molecule has 2 aromatic carbocycles. The number of methoxy groups -OCH3 is 3. The van der Waals surface area contributed by atoms with Crippen LogP contribution in [0, 0.1) is 5.41 Å². The van der Waals surface area contributed by atoms with Crippen LogP contribution in [0.15, 0.2) is 24.3 Å². The Hall–Kier alpha value is -3.62. The molecule has 3 atom stereocenters. The van der Waals surface area contributed by atoms with E-state index in [1.807, 2.05) is 12.1 Å². The predicted molar refractivity (Wildman–Crippen MR) is 113 cm³/mol. The summed E-state index contributed by atoms with van der Waals surface area (Å²) in [4.78, 5) is 26.9. The summed E-state index contributed by atoms with van der Waals surface area (Å²) in [6.07, 6.45) is 0. The minimum Gasteiger partial charge on any atom is -0.493 e. The lowest BCUT2D eigenvalue weighted by molar-refractivity contribution is -0.165. The lowest BCUT2D eigenvalue weighted by atomic mass is 9.69. The number of carbonyl (C=O) groups excluding carboxylic acids is 2. The molecule has 2 heterocycles. The second-order valence-electron chi connectivity index (χ2n) is 7.97. The monoisotopic (exact) mass is 456 g/mol. The maximum absolute atomic E-state index is 13.5. The van der Waals surface area contributed by atoms with Gasteiger partial charge in [-0.15, -0.1) is 0 Å². The molecule has 9 heteroatoms. The smallest absolute Gasteiger partial charge is 0.325 e. The zero-order valence-electron chi connectivity index (χ0n) is 18.8. The van der Waals surface area contributed by atoms with E-state index in [0.717, 1.165) is 11.1 Å². The molecule has 1 fully saturated rings. The van der Waals surface area contributed by atoms with Crippen molar-refractivity contribution in [1.82, 2.24) is 0 Å². The molecule has 3 aliphatic rings. The third-order valence-corrected chi connectivity index (χ3v) is 6.62. The minimum atomic E-state index is -1.60. The van der Waals surface area contributed by atoms with E-state index < -0.39 is 29.2 Å². The predicted octanol–water partition coefficient (Wildman–Crippen LogP) is 2.78. The summed E-state index contributed by atoms with van der Waals surface area (Å²) in [7, 11) is 4.53. The molecule has 174 valence electrons. The van der Waals surface area contributed by atoms with Crippen LogP contribution in [0.4, 0.5) is 0 Å². The van der Waals surface area contributed by atoms with Crippen LogP contribution in [0.2, 0.25) is 0 Å². The van der Waals surface area contributed by atoms with E-state index in [9.17, 15) is 9.59 Å². The topological polar surface area (TPSA) is 98.8 Å². The average molecular weight is 456 g/mol. The van der Waals surface area contributed by atoms with Crippen molar-refractivity contribution in [2.75, 3.05) is 41.3 Å². The third kappa shape index (κ3) is 2.77. The molecule has 1 saturated heterocycles. The molecule has 5 rings (SSSR count). The van der Waals surface area contributed by atoms with Gasteiger partial charge in [-0.25, -0.2) is 0 Å². The lowest BCUT2D eigenvalue weighted by Gasteiger charge is -2.30. The fourth-order valence-electron chi connectivity index (χ4n) is 5.28. The molecule has 0 radical (unpaired) electrons. The molecule has 0 spiro atoms. The van der Waals surface area contributed by atoms with Crippen LogP contribution >= 0.6 is 0 Å². The second kappa shape index (κ2) is 7.75. The zero-order valence-corrected chi connectivity index (χ0v) is 18.8. The largest absolute Gasteiger partial charge is 0.493 e. The van der Waals surface area contributed by atoms with Crippen LogP contribution in [0.25, 0.3) is 0 Å². The van der Waals surface area contributed by atoms with Gasteiger partial charge in [-0.2, -0.15) is 0 Å². The number of rotatable bonds is 6. The number of esters is 2. The van der Waals surface area contributed by atoms with E-state index >= 15 is 0 Å². The van der Waals surface area contributed by atoms with Gasteiger partial charge in [0.1, 0.15) is 0 Å². The third-order valence-electron chi connectivity index (χ3n) is 6.62. The number of hydrogen-bond acceptors (Lipinski definition) is 9. The van der Waals surface area contributed by atoms with Crippen LogP contribution < -0.4 is 23.7 Å². The van der Waals surface area contributed by atoms with Crippen LogP contribution in [0.1, 0.15) is 35.4 Å². The van der Waals surface area contributed by atoms with E-state index in [2.05, 4.69) is 0 Å². The molecular formula is C24H24O9. The Labute approximate surface area is 190 Å². The van der Waals surface area contributed by atoms with Crippen molar-refractivity contribution in [3.05, 3.63) is 41.0 Å². The number of cyclic esters (lactones) is 1. The number of hydrogen-bond donors (Lipinski definition) is 0. The van der Waals surface area contributed by atoms with Gasteiger partial charge in [-0.3, -0.25) is 9.59 Å². The molecule has 2 aliphatic heterocycles. The highest BCUT2D eigenvalue weighted by Crippen LogP contribution is 2.64. The summed E-state index contributed by atoms with van der Waals surface area (Å²) >= 11 is 0. The Balaban J connectivity index is 1.80. The van der Waals surface area contributed by atoms with Crippen molar-refractivity contribution in [2.45, 2.75) is 18.8 Å². The molecule has 2 aromatic rings. The average Bonchev–Trinajstić information content (AvgIpc) is 3.49. The van der Waals surface area contributed by atoms with Gasteiger partial charge >= 0.3 is 11.9 Å². The number of ether oxygens (including phenoxy) is 7. The number of benzene rings is 2. The molecule has 0 aromatic heterocycles. The summed E-state index contributed by atoms with van der Waals surface area (Å²) < 4.78 is 38.6. The maximum Gasteiger partial charge on any atom is 0.325 e. The van der Waals surface area contributed by atoms with Gasteiger partial charge in [0, 0.05) is 11.8 Å². The maximum atomic E-state index is 13.5. The fourth-order valence-corrected chi connectivity index (χ4v) is 5.28. The highest BCUT2D eigenvalue weighted by molar-refractivity contribution is 6.06. The number of fused-ring (bicyclic) bond motifs is 4. The van der Waals surface area contributed by atoms with E-state index in [1.54, 1.807) is 19.1 Å². The van der Waals surface area contributed by atoms with Gasteiger partial charge < -0.3 is 33.2 Å². The molecule has 33 heavy (non-hydrogen) atoms. The van der Waals surface area contributed by atoms with E-state index in [1.165, 1.54) is 21.3 Å². The first-order valence-electron chi connectivity index (χ1n) is 10.6. The molecule has 1 aliphatic carbocycles. The first-order chi connectivity index (χ1) is 16.0. The zero-order chi connectivity index (χ0) is 23.3. The normalized spacial score (nSPS) is 24.1. The minimum absolute atomic E-state index is 0.0607. The standard InChI is InChI=1S/C24H24O9/c1-5-30-22(25)24-15(10-31-23(24)26)13-8-16-17(33-11-32-16)9-14(13)20(24)12-6-18(27-2)21(29-4)19(7-12)28-3/h6-9,15,20H,5,10-11H2,1-4H3/t15-,20?,24-/m1/s1. The van der Waals surface area contributed by atoms with Gasteiger partial charge in [0.2, 0.25) is 12.5 Å². The van der Waals surface area contributed by atoms with Crippen LogP contribution in [0.5, 0.6) is 28.7 Å². The molecule has 0 N–H and O–H groups in total. The molecular weight excluding hydrogens is 432 g/mol. The van der Waals surface area contributed by atoms with Crippen molar-refractivity contribution in [1.29, 1.82) is 0 Å². The van der Waals surface area contributed by atoms with Crippen molar-refractivity contribution in [2.24, 2.45) is 5.41 Å².